The lowest BCUT2D eigenvalue weighted by Gasteiger charge is -2.22. The Hall–Kier alpha value is -3.47. The Kier molecular flexibility index (Phi) is 8.21. The number of ether oxygens (including phenoxy) is 2. The minimum atomic E-state index is -4.50. The average molecular weight is 481 g/mol. The van der Waals surface area contributed by atoms with E-state index in [1.807, 2.05) is 0 Å². The summed E-state index contributed by atoms with van der Waals surface area (Å²) in [6.45, 7) is 1.11. The molecule has 0 radical (unpaired) electrons. The first kappa shape index (κ1) is 25.2. The molecule has 2 aromatic rings. The van der Waals surface area contributed by atoms with Crippen molar-refractivity contribution in [3.8, 4) is 5.75 Å². The normalized spacial score (nSPS) is 14.4. The van der Waals surface area contributed by atoms with Gasteiger partial charge in [0.05, 0.1) is 29.6 Å². The fraction of sp³-hybridized carbons (Fsp3) is 0.391. The van der Waals surface area contributed by atoms with Gasteiger partial charge in [0.25, 0.3) is 0 Å². The first-order chi connectivity index (χ1) is 16.2. The molecule has 3 N–H and O–H groups in total. The highest BCUT2D eigenvalue weighted by molar-refractivity contribution is 5.97. The summed E-state index contributed by atoms with van der Waals surface area (Å²) in [5.41, 5.74) is 0.584. The summed E-state index contributed by atoms with van der Waals surface area (Å²) in [5, 5.41) is 15.2. The Labute approximate surface area is 194 Å². The predicted molar refractivity (Wildman–Crippen MR) is 119 cm³/mol. The van der Waals surface area contributed by atoms with Crippen molar-refractivity contribution in [3.63, 3.8) is 0 Å². The molecule has 2 amide bonds. The lowest BCUT2D eigenvalue weighted by molar-refractivity contribution is -0.137. The standard InChI is InChI=1S/C23H26F3N3O5/c1-33-21(31)15-7-8-20(29-9-2-3-10-29)19(11-15)28-22(32)27-13-17(30)14-34-18-6-4-5-16(12-18)23(24,25)26/h4-8,11-12,17,30H,2-3,9-10,13-14H2,1H3,(H2,27,28,32). The van der Waals surface area contributed by atoms with Crippen molar-refractivity contribution in [2.75, 3.05) is 43.6 Å². The SMILES string of the molecule is COC(=O)c1ccc(N2CCCC2)c(NC(=O)NCC(O)COc2cccc(C(F)(F)F)c2)c1. The molecular weight excluding hydrogens is 455 g/mol. The Bertz CT molecular complexity index is 1010. The van der Waals surface area contributed by atoms with Crippen LogP contribution in [-0.2, 0) is 10.9 Å². The van der Waals surface area contributed by atoms with Crippen molar-refractivity contribution in [2.24, 2.45) is 0 Å². The van der Waals surface area contributed by atoms with Gasteiger partial charge in [-0.3, -0.25) is 0 Å². The number of methoxy groups -OCH3 is 1. The number of halogens is 3. The van der Waals surface area contributed by atoms with Crippen LogP contribution in [0, 0.1) is 0 Å². The van der Waals surface area contributed by atoms with Crippen molar-refractivity contribution in [3.05, 3.63) is 53.6 Å². The van der Waals surface area contributed by atoms with Crippen LogP contribution in [0.25, 0.3) is 0 Å². The number of alkyl halides is 3. The van der Waals surface area contributed by atoms with Gasteiger partial charge in [-0.05, 0) is 49.2 Å². The molecule has 1 unspecified atom stereocenters. The fourth-order valence-electron chi connectivity index (χ4n) is 3.51. The maximum Gasteiger partial charge on any atom is 0.416 e. The number of aliphatic hydroxyl groups is 1. The zero-order valence-electron chi connectivity index (χ0n) is 18.5. The number of hydrogen-bond acceptors (Lipinski definition) is 6. The molecule has 0 aromatic heterocycles. The number of hydrogen-bond donors (Lipinski definition) is 3. The summed E-state index contributed by atoms with van der Waals surface area (Å²) in [6.07, 6.45) is -3.64. The van der Waals surface area contributed by atoms with E-state index in [0.29, 0.717) is 5.69 Å². The predicted octanol–water partition coefficient (Wildman–Crippen LogP) is 3.65. The molecule has 34 heavy (non-hydrogen) atoms. The van der Waals surface area contributed by atoms with Gasteiger partial charge in [0.15, 0.2) is 0 Å². The van der Waals surface area contributed by atoms with E-state index in [-0.39, 0.29) is 24.5 Å². The number of aliphatic hydroxyl groups excluding tert-OH is 1. The van der Waals surface area contributed by atoms with Crippen LogP contribution in [0.2, 0.25) is 0 Å². The lowest BCUT2D eigenvalue weighted by atomic mass is 10.1. The third kappa shape index (κ3) is 6.77. The van der Waals surface area contributed by atoms with Crippen LogP contribution in [-0.4, -0.2) is 56.6 Å². The quantitative estimate of drug-likeness (QED) is 0.498. The first-order valence-corrected chi connectivity index (χ1v) is 10.7. The minimum absolute atomic E-state index is 0.0480. The highest BCUT2D eigenvalue weighted by atomic mass is 19.4. The van der Waals surface area contributed by atoms with Gasteiger partial charge in [0, 0.05) is 19.6 Å². The van der Waals surface area contributed by atoms with Gasteiger partial charge in [0.2, 0.25) is 0 Å². The summed E-state index contributed by atoms with van der Waals surface area (Å²) in [5.74, 6) is -0.591. The summed E-state index contributed by atoms with van der Waals surface area (Å²) >= 11 is 0. The van der Waals surface area contributed by atoms with Crippen LogP contribution in [0.4, 0.5) is 29.3 Å². The van der Waals surface area contributed by atoms with Gasteiger partial charge in [-0.15, -0.1) is 0 Å². The van der Waals surface area contributed by atoms with Crippen molar-refractivity contribution in [2.45, 2.75) is 25.1 Å². The summed E-state index contributed by atoms with van der Waals surface area (Å²) < 4.78 is 48.3. The van der Waals surface area contributed by atoms with Gasteiger partial charge < -0.3 is 30.1 Å². The van der Waals surface area contributed by atoms with Gasteiger partial charge in [-0.25, -0.2) is 9.59 Å². The number of nitrogens with one attached hydrogen (secondary N) is 2. The molecule has 0 aliphatic carbocycles. The largest absolute Gasteiger partial charge is 0.491 e. The molecule has 0 spiro atoms. The zero-order chi connectivity index (χ0) is 24.7. The maximum absolute atomic E-state index is 12.8. The summed E-state index contributed by atoms with van der Waals surface area (Å²) in [4.78, 5) is 26.4. The van der Waals surface area contributed by atoms with Crippen LogP contribution in [0.1, 0.15) is 28.8 Å². The van der Waals surface area contributed by atoms with E-state index in [1.54, 1.807) is 12.1 Å². The van der Waals surface area contributed by atoms with Crippen LogP contribution in [0.15, 0.2) is 42.5 Å². The molecule has 11 heteroatoms. The molecule has 1 heterocycles. The van der Waals surface area contributed by atoms with E-state index < -0.39 is 29.8 Å². The number of anilines is 2. The molecule has 2 aromatic carbocycles. The third-order valence-electron chi connectivity index (χ3n) is 5.21. The number of urea groups is 1. The Balaban J connectivity index is 1.56. The minimum Gasteiger partial charge on any atom is -0.491 e. The number of carbonyl (C=O) groups excluding carboxylic acids is 2. The highest BCUT2D eigenvalue weighted by Gasteiger charge is 2.30. The number of benzene rings is 2. The molecule has 1 atom stereocenters. The van der Waals surface area contributed by atoms with Crippen LogP contribution < -0.4 is 20.3 Å². The smallest absolute Gasteiger partial charge is 0.416 e. The first-order valence-electron chi connectivity index (χ1n) is 10.7. The molecule has 1 fully saturated rings. The molecule has 184 valence electrons. The van der Waals surface area contributed by atoms with Crippen LogP contribution in [0.3, 0.4) is 0 Å². The van der Waals surface area contributed by atoms with Gasteiger partial charge in [-0.1, -0.05) is 6.07 Å². The van der Waals surface area contributed by atoms with Crippen molar-refractivity contribution >= 4 is 23.4 Å². The van der Waals surface area contributed by atoms with E-state index in [2.05, 4.69) is 15.5 Å². The zero-order valence-corrected chi connectivity index (χ0v) is 18.5. The molecule has 0 saturated carbocycles. The van der Waals surface area contributed by atoms with Crippen molar-refractivity contribution in [1.82, 2.24) is 5.32 Å². The molecule has 8 nitrogen and oxygen atoms in total. The topological polar surface area (TPSA) is 100 Å². The number of amides is 2. The van der Waals surface area contributed by atoms with Gasteiger partial charge >= 0.3 is 18.2 Å². The maximum atomic E-state index is 12.8. The van der Waals surface area contributed by atoms with Crippen LogP contribution in [0.5, 0.6) is 5.75 Å². The van der Waals surface area contributed by atoms with Gasteiger partial charge in [-0.2, -0.15) is 13.2 Å². The molecule has 1 saturated heterocycles. The van der Waals surface area contributed by atoms with E-state index in [1.165, 1.54) is 25.3 Å². The second kappa shape index (κ2) is 11.1. The molecule has 0 bridgehead atoms. The Morgan fingerprint density at radius 3 is 2.56 bits per heavy atom. The summed E-state index contributed by atoms with van der Waals surface area (Å²) in [6, 6.07) is 8.56. The second-order valence-corrected chi connectivity index (χ2v) is 7.74. The van der Waals surface area contributed by atoms with E-state index in [0.717, 1.165) is 43.8 Å². The number of rotatable bonds is 8. The fourth-order valence-corrected chi connectivity index (χ4v) is 3.51. The second-order valence-electron chi connectivity index (χ2n) is 7.74. The highest BCUT2D eigenvalue weighted by Crippen LogP contribution is 2.32. The van der Waals surface area contributed by atoms with E-state index in [9.17, 15) is 27.9 Å². The van der Waals surface area contributed by atoms with E-state index in [4.69, 9.17) is 9.47 Å². The Morgan fingerprint density at radius 1 is 1.15 bits per heavy atom. The van der Waals surface area contributed by atoms with Crippen molar-refractivity contribution in [1.29, 1.82) is 0 Å². The number of carbonyl (C=O) groups is 2. The molecule has 3 rings (SSSR count). The Morgan fingerprint density at radius 2 is 1.88 bits per heavy atom. The molecule has 1 aliphatic heterocycles. The molecular formula is C23H26F3N3O5. The monoisotopic (exact) mass is 481 g/mol. The lowest BCUT2D eigenvalue weighted by Crippen LogP contribution is -2.38. The van der Waals surface area contributed by atoms with Gasteiger partial charge in [0.1, 0.15) is 18.5 Å². The van der Waals surface area contributed by atoms with Crippen LogP contribution >= 0.6 is 0 Å². The van der Waals surface area contributed by atoms with E-state index >= 15 is 0 Å². The van der Waals surface area contributed by atoms with Crippen molar-refractivity contribution < 1.29 is 37.3 Å². The summed E-state index contributed by atoms with van der Waals surface area (Å²) in [7, 11) is 1.26. The molecule has 1 aliphatic rings. The number of esters is 1. The average Bonchev–Trinajstić information content (AvgIpc) is 3.35. The number of nitrogens with zero attached hydrogens (tertiary/aromatic N) is 1. The third-order valence-corrected chi connectivity index (χ3v) is 5.21.